The summed E-state index contributed by atoms with van der Waals surface area (Å²) in [7, 11) is 1.61. The van der Waals surface area contributed by atoms with Crippen LogP contribution in [-0.2, 0) is 17.9 Å². The van der Waals surface area contributed by atoms with Gasteiger partial charge in [-0.2, -0.15) is 4.98 Å². The average Bonchev–Trinajstić information content (AvgIpc) is 2.90. The summed E-state index contributed by atoms with van der Waals surface area (Å²) < 4.78 is 9.71. The van der Waals surface area contributed by atoms with Crippen LogP contribution >= 0.6 is 0 Å². The van der Waals surface area contributed by atoms with E-state index in [1.165, 1.54) is 6.39 Å². The van der Waals surface area contributed by atoms with E-state index in [2.05, 4.69) is 35.3 Å². The molecular formula is C11H16N6O2. The second-order valence-corrected chi connectivity index (χ2v) is 3.72. The molecule has 0 saturated carbocycles. The molecule has 2 rings (SSSR count). The Morgan fingerprint density at radius 1 is 1.21 bits per heavy atom. The first-order valence-corrected chi connectivity index (χ1v) is 5.91. The predicted octanol–water partition coefficient (Wildman–Crippen LogP) is 1.05. The van der Waals surface area contributed by atoms with Crippen LogP contribution in [0.25, 0.3) is 0 Å². The van der Waals surface area contributed by atoms with Crippen LogP contribution < -0.4 is 10.6 Å². The minimum absolute atomic E-state index is 0.357. The number of hydrogen-bond donors (Lipinski definition) is 2. The minimum Gasteiger partial charge on any atom is -0.377 e. The Balaban J connectivity index is 2.08. The summed E-state index contributed by atoms with van der Waals surface area (Å²) in [4.78, 5) is 12.6. The fourth-order valence-electron chi connectivity index (χ4n) is 1.49. The molecule has 0 aliphatic rings. The monoisotopic (exact) mass is 264 g/mol. The highest BCUT2D eigenvalue weighted by atomic mass is 16.5. The Hall–Kier alpha value is -2.22. The van der Waals surface area contributed by atoms with Crippen LogP contribution in [0.15, 0.2) is 17.0 Å². The van der Waals surface area contributed by atoms with Crippen LogP contribution in [0, 0.1) is 0 Å². The van der Waals surface area contributed by atoms with Crippen molar-refractivity contribution in [2.45, 2.75) is 20.1 Å². The highest BCUT2D eigenvalue weighted by Crippen LogP contribution is 2.12. The average molecular weight is 264 g/mol. The van der Waals surface area contributed by atoms with Crippen LogP contribution in [0.1, 0.15) is 18.6 Å². The summed E-state index contributed by atoms with van der Waals surface area (Å²) in [5.41, 5.74) is 0. The van der Waals surface area contributed by atoms with Gasteiger partial charge in [0, 0.05) is 19.7 Å². The summed E-state index contributed by atoms with van der Waals surface area (Å²) in [6, 6.07) is 1.82. The first-order chi connectivity index (χ1) is 9.31. The molecule has 0 aliphatic heterocycles. The lowest BCUT2D eigenvalue weighted by atomic mass is 10.4. The SMILES string of the molecule is CCNc1cc(NCc2ncon2)nc(COC)n1. The molecule has 8 nitrogen and oxygen atoms in total. The van der Waals surface area contributed by atoms with Gasteiger partial charge in [0.2, 0.25) is 6.39 Å². The molecule has 0 amide bonds. The van der Waals surface area contributed by atoms with Gasteiger partial charge in [0.15, 0.2) is 11.6 Å². The maximum Gasteiger partial charge on any atom is 0.213 e. The summed E-state index contributed by atoms with van der Waals surface area (Å²) >= 11 is 0. The van der Waals surface area contributed by atoms with E-state index in [1.54, 1.807) is 7.11 Å². The Labute approximate surface area is 110 Å². The third-order valence-electron chi connectivity index (χ3n) is 2.24. The van der Waals surface area contributed by atoms with Crippen LogP contribution in [0.3, 0.4) is 0 Å². The number of methoxy groups -OCH3 is 1. The minimum atomic E-state index is 0.357. The van der Waals surface area contributed by atoms with E-state index < -0.39 is 0 Å². The van der Waals surface area contributed by atoms with Gasteiger partial charge in [0.05, 0.1) is 6.54 Å². The molecule has 0 aliphatic carbocycles. The molecule has 2 aromatic heterocycles. The fraction of sp³-hybridized carbons (Fsp3) is 0.455. The number of rotatable bonds is 7. The number of nitrogens with zero attached hydrogens (tertiary/aromatic N) is 4. The molecular weight excluding hydrogens is 248 g/mol. The van der Waals surface area contributed by atoms with Crippen molar-refractivity contribution < 1.29 is 9.26 Å². The van der Waals surface area contributed by atoms with Crippen molar-refractivity contribution in [3.63, 3.8) is 0 Å². The summed E-state index contributed by atoms with van der Waals surface area (Å²) in [5, 5.41) is 9.97. The van der Waals surface area contributed by atoms with Gasteiger partial charge in [-0.15, -0.1) is 0 Å². The fourth-order valence-corrected chi connectivity index (χ4v) is 1.49. The number of hydrogen-bond acceptors (Lipinski definition) is 8. The second-order valence-electron chi connectivity index (χ2n) is 3.72. The van der Waals surface area contributed by atoms with Crippen LogP contribution in [0.5, 0.6) is 0 Å². The third kappa shape index (κ3) is 3.88. The van der Waals surface area contributed by atoms with E-state index in [9.17, 15) is 0 Å². The molecule has 0 aromatic carbocycles. The lowest BCUT2D eigenvalue weighted by Gasteiger charge is -2.09. The Bertz CT molecular complexity index is 478. The topological polar surface area (TPSA) is 98.0 Å². The summed E-state index contributed by atoms with van der Waals surface area (Å²) in [6.07, 6.45) is 1.29. The molecule has 0 spiro atoms. The smallest absolute Gasteiger partial charge is 0.213 e. The first kappa shape index (κ1) is 13.2. The number of ether oxygens (including phenoxy) is 1. The Morgan fingerprint density at radius 2 is 2.00 bits per heavy atom. The van der Waals surface area contributed by atoms with Gasteiger partial charge >= 0.3 is 0 Å². The van der Waals surface area contributed by atoms with Crippen molar-refractivity contribution in [2.24, 2.45) is 0 Å². The van der Waals surface area contributed by atoms with Gasteiger partial charge in [-0.05, 0) is 6.92 Å². The maximum atomic E-state index is 5.05. The van der Waals surface area contributed by atoms with Crippen molar-refractivity contribution in [3.8, 4) is 0 Å². The normalized spacial score (nSPS) is 10.4. The molecule has 0 unspecified atom stereocenters. The molecule has 0 radical (unpaired) electrons. The first-order valence-electron chi connectivity index (χ1n) is 5.91. The van der Waals surface area contributed by atoms with Gasteiger partial charge in [0.1, 0.15) is 18.2 Å². The second kappa shape index (κ2) is 6.64. The molecule has 102 valence electrons. The zero-order valence-corrected chi connectivity index (χ0v) is 10.9. The van der Waals surface area contributed by atoms with Crippen molar-refractivity contribution in [3.05, 3.63) is 24.1 Å². The van der Waals surface area contributed by atoms with E-state index in [-0.39, 0.29) is 0 Å². The summed E-state index contributed by atoms with van der Waals surface area (Å²) in [5.74, 6) is 2.61. The van der Waals surface area contributed by atoms with Gasteiger partial charge in [-0.25, -0.2) is 9.97 Å². The van der Waals surface area contributed by atoms with Crippen molar-refractivity contribution in [2.75, 3.05) is 24.3 Å². The van der Waals surface area contributed by atoms with Crippen LogP contribution in [0.4, 0.5) is 11.6 Å². The van der Waals surface area contributed by atoms with Gasteiger partial charge in [-0.3, -0.25) is 0 Å². The van der Waals surface area contributed by atoms with Crippen LogP contribution in [-0.4, -0.2) is 33.8 Å². The number of aromatic nitrogens is 4. The number of anilines is 2. The van der Waals surface area contributed by atoms with Crippen molar-refractivity contribution >= 4 is 11.6 Å². The lowest BCUT2D eigenvalue weighted by Crippen LogP contribution is -2.09. The quantitative estimate of drug-likeness (QED) is 0.765. The predicted molar refractivity (Wildman–Crippen MR) is 68.5 cm³/mol. The molecule has 0 atom stereocenters. The molecule has 2 aromatic rings. The zero-order valence-electron chi connectivity index (χ0n) is 10.9. The van der Waals surface area contributed by atoms with Gasteiger partial charge < -0.3 is 19.9 Å². The molecule has 0 saturated heterocycles. The maximum absolute atomic E-state index is 5.05. The van der Waals surface area contributed by atoms with Crippen LogP contribution in [0.2, 0.25) is 0 Å². The highest BCUT2D eigenvalue weighted by molar-refractivity contribution is 5.47. The van der Waals surface area contributed by atoms with E-state index >= 15 is 0 Å². The summed E-state index contributed by atoms with van der Waals surface area (Å²) in [6.45, 7) is 3.58. The Kier molecular flexibility index (Phi) is 4.62. The van der Waals surface area contributed by atoms with E-state index in [1.807, 2.05) is 13.0 Å². The zero-order chi connectivity index (χ0) is 13.5. The number of nitrogens with one attached hydrogen (secondary N) is 2. The molecule has 0 fully saturated rings. The van der Waals surface area contributed by atoms with Gasteiger partial charge in [0.25, 0.3) is 0 Å². The lowest BCUT2D eigenvalue weighted by molar-refractivity contribution is 0.178. The standard InChI is InChI=1S/C11H16N6O2/c1-3-12-8-4-9(16-11(15-8)6-18-2)13-5-10-14-7-19-17-10/h4,7H,3,5-6H2,1-2H3,(H2,12,13,15,16). The van der Waals surface area contributed by atoms with E-state index in [0.29, 0.717) is 30.6 Å². The highest BCUT2D eigenvalue weighted by Gasteiger charge is 2.05. The molecule has 19 heavy (non-hydrogen) atoms. The van der Waals surface area contributed by atoms with E-state index in [0.717, 1.165) is 12.4 Å². The van der Waals surface area contributed by atoms with Gasteiger partial charge in [-0.1, -0.05) is 5.16 Å². The third-order valence-corrected chi connectivity index (χ3v) is 2.24. The van der Waals surface area contributed by atoms with Crippen molar-refractivity contribution in [1.82, 2.24) is 20.1 Å². The molecule has 8 heteroatoms. The molecule has 2 N–H and O–H groups in total. The van der Waals surface area contributed by atoms with E-state index in [4.69, 9.17) is 4.74 Å². The Morgan fingerprint density at radius 3 is 2.63 bits per heavy atom. The molecule has 2 heterocycles. The molecule has 0 bridgehead atoms. The van der Waals surface area contributed by atoms with Crippen molar-refractivity contribution in [1.29, 1.82) is 0 Å². The largest absolute Gasteiger partial charge is 0.377 e.